The number of aliphatic hydroxyl groups is 1. The Morgan fingerprint density at radius 1 is 1.31 bits per heavy atom. The molecule has 0 bridgehead atoms. The number of aliphatic hydroxyl groups excluding tert-OH is 1. The predicted octanol–water partition coefficient (Wildman–Crippen LogP) is 1.14. The van der Waals surface area contributed by atoms with Crippen molar-refractivity contribution in [3.8, 4) is 0 Å². The number of aldehydes is 1. The van der Waals surface area contributed by atoms with E-state index in [-0.39, 0.29) is 12.5 Å². The van der Waals surface area contributed by atoms with Gasteiger partial charge in [-0.05, 0) is 32.1 Å². The van der Waals surface area contributed by atoms with Crippen LogP contribution in [0.2, 0.25) is 0 Å². The first-order valence-electron chi connectivity index (χ1n) is 5.04. The standard InChI is InChI=1S/C10H18O3/c11-6-1-7-13-10-4-2-9(8-12)3-5-10/h8-11H,1-7H2. The fraction of sp³-hybridized carbons (Fsp3) is 0.900. The predicted molar refractivity (Wildman–Crippen MR) is 49.5 cm³/mol. The van der Waals surface area contributed by atoms with E-state index in [2.05, 4.69) is 0 Å². The van der Waals surface area contributed by atoms with Gasteiger partial charge in [0, 0.05) is 19.1 Å². The zero-order chi connectivity index (χ0) is 9.52. The number of carbonyl (C=O) groups excluding carboxylic acids is 1. The van der Waals surface area contributed by atoms with E-state index in [0.29, 0.717) is 19.1 Å². The summed E-state index contributed by atoms with van der Waals surface area (Å²) in [7, 11) is 0. The van der Waals surface area contributed by atoms with E-state index in [9.17, 15) is 4.79 Å². The van der Waals surface area contributed by atoms with E-state index in [0.717, 1.165) is 32.0 Å². The summed E-state index contributed by atoms with van der Waals surface area (Å²) in [5.41, 5.74) is 0. The molecule has 0 aliphatic heterocycles. The highest BCUT2D eigenvalue weighted by atomic mass is 16.5. The molecule has 76 valence electrons. The Morgan fingerprint density at radius 2 is 2.00 bits per heavy atom. The van der Waals surface area contributed by atoms with Crippen molar-refractivity contribution in [3.05, 3.63) is 0 Å². The third kappa shape index (κ3) is 3.87. The first-order valence-corrected chi connectivity index (χ1v) is 5.04. The highest BCUT2D eigenvalue weighted by molar-refractivity contribution is 5.53. The Bertz CT molecular complexity index is 139. The van der Waals surface area contributed by atoms with Crippen LogP contribution in [0.1, 0.15) is 32.1 Å². The van der Waals surface area contributed by atoms with E-state index in [1.807, 2.05) is 0 Å². The molecule has 13 heavy (non-hydrogen) atoms. The van der Waals surface area contributed by atoms with E-state index < -0.39 is 0 Å². The number of ether oxygens (including phenoxy) is 1. The molecule has 3 nitrogen and oxygen atoms in total. The van der Waals surface area contributed by atoms with Gasteiger partial charge in [-0.1, -0.05) is 0 Å². The van der Waals surface area contributed by atoms with Crippen molar-refractivity contribution in [2.24, 2.45) is 5.92 Å². The lowest BCUT2D eigenvalue weighted by atomic mass is 9.88. The van der Waals surface area contributed by atoms with Gasteiger partial charge in [0.2, 0.25) is 0 Å². The smallest absolute Gasteiger partial charge is 0.123 e. The van der Waals surface area contributed by atoms with Crippen molar-refractivity contribution in [1.82, 2.24) is 0 Å². The second-order valence-corrected chi connectivity index (χ2v) is 3.62. The molecule has 0 saturated heterocycles. The fourth-order valence-corrected chi connectivity index (χ4v) is 1.71. The molecule has 0 aromatic heterocycles. The molecule has 0 atom stereocenters. The van der Waals surface area contributed by atoms with Gasteiger partial charge >= 0.3 is 0 Å². The summed E-state index contributed by atoms with van der Waals surface area (Å²) in [4.78, 5) is 10.5. The van der Waals surface area contributed by atoms with E-state index >= 15 is 0 Å². The van der Waals surface area contributed by atoms with Gasteiger partial charge in [-0.15, -0.1) is 0 Å². The largest absolute Gasteiger partial charge is 0.396 e. The number of rotatable bonds is 5. The average molecular weight is 186 g/mol. The molecule has 1 rings (SSSR count). The minimum Gasteiger partial charge on any atom is -0.396 e. The molecule has 0 spiro atoms. The molecule has 0 radical (unpaired) electrons. The summed E-state index contributed by atoms with van der Waals surface area (Å²) in [5, 5.41) is 8.55. The van der Waals surface area contributed by atoms with Crippen LogP contribution in [0.3, 0.4) is 0 Å². The minimum absolute atomic E-state index is 0.198. The van der Waals surface area contributed by atoms with Crippen molar-refractivity contribution in [3.63, 3.8) is 0 Å². The summed E-state index contributed by atoms with van der Waals surface area (Å²) in [6.07, 6.45) is 6.02. The summed E-state index contributed by atoms with van der Waals surface area (Å²) in [6, 6.07) is 0. The summed E-state index contributed by atoms with van der Waals surface area (Å²) >= 11 is 0. The maximum Gasteiger partial charge on any atom is 0.123 e. The Kier molecular flexibility index (Phi) is 5.01. The molecule has 0 heterocycles. The average Bonchev–Trinajstić information content (AvgIpc) is 2.19. The SMILES string of the molecule is O=CC1CCC(OCCCO)CC1. The van der Waals surface area contributed by atoms with Crippen molar-refractivity contribution in [1.29, 1.82) is 0 Å². The Hall–Kier alpha value is -0.410. The summed E-state index contributed by atoms with van der Waals surface area (Å²) in [6.45, 7) is 0.844. The van der Waals surface area contributed by atoms with Crippen molar-refractivity contribution in [2.45, 2.75) is 38.2 Å². The van der Waals surface area contributed by atoms with Crippen molar-refractivity contribution in [2.75, 3.05) is 13.2 Å². The summed E-state index contributed by atoms with van der Waals surface area (Å²) in [5.74, 6) is 0.262. The van der Waals surface area contributed by atoms with Gasteiger partial charge in [0.1, 0.15) is 6.29 Å². The molecule has 1 fully saturated rings. The van der Waals surface area contributed by atoms with Gasteiger partial charge in [-0.25, -0.2) is 0 Å². The van der Waals surface area contributed by atoms with Crippen LogP contribution in [0.15, 0.2) is 0 Å². The van der Waals surface area contributed by atoms with Crippen molar-refractivity contribution < 1.29 is 14.6 Å². The van der Waals surface area contributed by atoms with Crippen LogP contribution in [-0.4, -0.2) is 30.7 Å². The van der Waals surface area contributed by atoms with Crippen LogP contribution in [0.4, 0.5) is 0 Å². The molecule has 0 aromatic carbocycles. The van der Waals surface area contributed by atoms with Crippen molar-refractivity contribution >= 4 is 6.29 Å². The minimum atomic E-state index is 0.198. The zero-order valence-electron chi connectivity index (χ0n) is 7.95. The van der Waals surface area contributed by atoms with Gasteiger partial charge < -0.3 is 14.6 Å². The molecule has 0 amide bonds. The molecule has 1 N–H and O–H groups in total. The van der Waals surface area contributed by atoms with E-state index in [1.165, 1.54) is 0 Å². The Balaban J connectivity index is 2.07. The van der Waals surface area contributed by atoms with Crippen LogP contribution in [-0.2, 0) is 9.53 Å². The number of hydrogen-bond donors (Lipinski definition) is 1. The fourth-order valence-electron chi connectivity index (χ4n) is 1.71. The second kappa shape index (κ2) is 6.11. The molecular weight excluding hydrogens is 168 g/mol. The van der Waals surface area contributed by atoms with Crippen LogP contribution in [0.25, 0.3) is 0 Å². The maximum atomic E-state index is 10.5. The number of carbonyl (C=O) groups is 1. The second-order valence-electron chi connectivity index (χ2n) is 3.62. The molecular formula is C10H18O3. The number of hydrogen-bond acceptors (Lipinski definition) is 3. The van der Waals surface area contributed by atoms with Crippen LogP contribution in [0.5, 0.6) is 0 Å². The lowest BCUT2D eigenvalue weighted by Gasteiger charge is -2.25. The first-order chi connectivity index (χ1) is 6.36. The monoisotopic (exact) mass is 186 g/mol. The van der Waals surface area contributed by atoms with E-state index in [4.69, 9.17) is 9.84 Å². The first kappa shape index (κ1) is 10.7. The van der Waals surface area contributed by atoms with Gasteiger partial charge in [0.05, 0.1) is 6.10 Å². The third-order valence-electron chi connectivity index (χ3n) is 2.57. The van der Waals surface area contributed by atoms with Crippen LogP contribution >= 0.6 is 0 Å². The van der Waals surface area contributed by atoms with Gasteiger partial charge in [0.15, 0.2) is 0 Å². The maximum absolute atomic E-state index is 10.5. The van der Waals surface area contributed by atoms with Crippen LogP contribution in [0, 0.1) is 5.92 Å². The highest BCUT2D eigenvalue weighted by Gasteiger charge is 2.20. The molecule has 1 saturated carbocycles. The lowest BCUT2D eigenvalue weighted by Crippen LogP contribution is -2.22. The third-order valence-corrected chi connectivity index (χ3v) is 2.57. The van der Waals surface area contributed by atoms with Crippen LogP contribution < -0.4 is 0 Å². The molecule has 1 aliphatic rings. The topological polar surface area (TPSA) is 46.5 Å². The Labute approximate surface area is 79.1 Å². The quantitative estimate of drug-likeness (QED) is 0.517. The lowest BCUT2D eigenvalue weighted by molar-refractivity contribution is -0.112. The van der Waals surface area contributed by atoms with E-state index in [1.54, 1.807) is 0 Å². The zero-order valence-corrected chi connectivity index (χ0v) is 7.95. The normalized spacial score (nSPS) is 28.7. The molecule has 0 aromatic rings. The molecule has 0 unspecified atom stereocenters. The molecule has 1 aliphatic carbocycles. The summed E-state index contributed by atoms with van der Waals surface area (Å²) < 4.78 is 5.54. The molecule has 3 heteroatoms. The van der Waals surface area contributed by atoms with Gasteiger partial charge in [0.25, 0.3) is 0 Å². The Morgan fingerprint density at radius 3 is 2.54 bits per heavy atom. The highest BCUT2D eigenvalue weighted by Crippen LogP contribution is 2.24. The van der Waals surface area contributed by atoms with Gasteiger partial charge in [-0.3, -0.25) is 0 Å². The van der Waals surface area contributed by atoms with Gasteiger partial charge in [-0.2, -0.15) is 0 Å².